The minimum Gasteiger partial charge on any atom is -0.465 e. The van der Waals surface area contributed by atoms with Gasteiger partial charge in [-0.2, -0.15) is 0 Å². The second-order valence-electron chi connectivity index (χ2n) is 22.8. The number of hydrogen-bond acceptors (Lipinski definition) is 6. The number of ether oxygens (including phenoxy) is 2. The van der Waals surface area contributed by atoms with E-state index in [1.54, 1.807) is 0 Å². The van der Waals surface area contributed by atoms with Crippen molar-refractivity contribution in [3.05, 3.63) is 12.2 Å². The van der Waals surface area contributed by atoms with E-state index in [9.17, 15) is 19.8 Å². The van der Waals surface area contributed by atoms with E-state index in [4.69, 9.17) is 9.47 Å². The van der Waals surface area contributed by atoms with Gasteiger partial charge in [-0.25, -0.2) is 0 Å². The van der Waals surface area contributed by atoms with E-state index < -0.39 is 36.5 Å². The largest absolute Gasteiger partial charge is 0.465 e. The zero-order valence-corrected chi connectivity index (χ0v) is 47.1. The SMILES string of the molecule is CCCCCCCCCCCCCCCCCCCCCCCCCCCCCCCCCCCCCCCCCCCCCCCCC/C=C/CCCCC1CC(=O)OCC(CO)(CO)COC1=O. The topological polar surface area (TPSA) is 93.1 Å². The van der Waals surface area contributed by atoms with Crippen molar-refractivity contribution in [2.45, 2.75) is 347 Å². The van der Waals surface area contributed by atoms with Gasteiger partial charge >= 0.3 is 11.9 Å². The monoisotopic (exact) mass is 987 g/mol. The van der Waals surface area contributed by atoms with Crippen LogP contribution in [0, 0.1) is 11.3 Å². The van der Waals surface area contributed by atoms with Crippen molar-refractivity contribution >= 4 is 11.9 Å². The van der Waals surface area contributed by atoms with Crippen LogP contribution in [0.5, 0.6) is 0 Å². The van der Waals surface area contributed by atoms with Gasteiger partial charge in [0.2, 0.25) is 0 Å². The molecule has 6 heteroatoms. The van der Waals surface area contributed by atoms with Gasteiger partial charge in [-0.05, 0) is 32.1 Å². The molecule has 1 rings (SSSR count). The van der Waals surface area contributed by atoms with Crippen LogP contribution in [0.15, 0.2) is 12.2 Å². The molecule has 0 aromatic rings. The van der Waals surface area contributed by atoms with Crippen molar-refractivity contribution in [2.75, 3.05) is 26.4 Å². The zero-order chi connectivity index (χ0) is 50.4. The number of esters is 2. The molecular formula is C64H122O6. The van der Waals surface area contributed by atoms with Gasteiger partial charge in [0.1, 0.15) is 13.2 Å². The molecule has 1 aliphatic heterocycles. The highest BCUT2D eigenvalue weighted by atomic mass is 16.6. The van der Waals surface area contributed by atoms with E-state index in [-0.39, 0.29) is 19.6 Å². The molecular weight excluding hydrogens is 865 g/mol. The number of unbranched alkanes of at least 4 members (excludes halogenated alkanes) is 49. The van der Waals surface area contributed by atoms with Crippen molar-refractivity contribution in [1.29, 1.82) is 0 Å². The number of aliphatic hydroxyl groups is 2. The van der Waals surface area contributed by atoms with Crippen LogP contribution in [0.4, 0.5) is 0 Å². The molecule has 1 saturated heterocycles. The maximum absolute atomic E-state index is 12.5. The zero-order valence-electron chi connectivity index (χ0n) is 47.1. The summed E-state index contributed by atoms with van der Waals surface area (Å²) >= 11 is 0. The number of carbonyl (C=O) groups is 2. The summed E-state index contributed by atoms with van der Waals surface area (Å²) in [6.07, 6.45) is 77.3. The van der Waals surface area contributed by atoms with E-state index in [2.05, 4.69) is 19.1 Å². The van der Waals surface area contributed by atoms with Crippen LogP contribution in [0.1, 0.15) is 347 Å². The summed E-state index contributed by atoms with van der Waals surface area (Å²) < 4.78 is 10.6. The first-order valence-corrected chi connectivity index (χ1v) is 31.8. The van der Waals surface area contributed by atoms with Gasteiger partial charge in [0, 0.05) is 0 Å². The average Bonchev–Trinajstić information content (AvgIpc) is 3.43. The van der Waals surface area contributed by atoms with Gasteiger partial charge in [0.05, 0.1) is 31.0 Å². The van der Waals surface area contributed by atoms with Crippen LogP contribution in [0.2, 0.25) is 0 Å². The Morgan fingerprint density at radius 3 is 0.886 bits per heavy atom. The maximum atomic E-state index is 12.5. The highest BCUT2D eigenvalue weighted by molar-refractivity contribution is 5.80. The minimum atomic E-state index is -1.13. The second-order valence-corrected chi connectivity index (χ2v) is 22.8. The smallest absolute Gasteiger partial charge is 0.309 e. The molecule has 1 unspecified atom stereocenters. The van der Waals surface area contributed by atoms with E-state index in [1.165, 1.54) is 302 Å². The van der Waals surface area contributed by atoms with Crippen LogP contribution in [-0.2, 0) is 19.1 Å². The highest BCUT2D eigenvalue weighted by Crippen LogP contribution is 2.25. The molecule has 1 atom stereocenters. The molecule has 0 aliphatic carbocycles. The molecule has 0 bridgehead atoms. The van der Waals surface area contributed by atoms with Crippen LogP contribution < -0.4 is 0 Å². The molecule has 0 saturated carbocycles. The predicted octanol–water partition coefficient (Wildman–Crippen LogP) is 19.9. The van der Waals surface area contributed by atoms with Crippen molar-refractivity contribution in [2.24, 2.45) is 11.3 Å². The summed E-state index contributed by atoms with van der Waals surface area (Å²) in [6, 6.07) is 0. The molecule has 0 spiro atoms. The van der Waals surface area contributed by atoms with E-state index in [0.717, 1.165) is 25.7 Å². The first-order valence-electron chi connectivity index (χ1n) is 31.8. The Balaban J connectivity index is 1.68. The molecule has 1 aliphatic rings. The third kappa shape index (κ3) is 45.2. The summed E-state index contributed by atoms with van der Waals surface area (Å²) in [5.41, 5.74) is -1.13. The fourth-order valence-corrected chi connectivity index (χ4v) is 10.6. The Morgan fingerprint density at radius 1 is 0.371 bits per heavy atom. The molecule has 2 N–H and O–H groups in total. The number of carbonyl (C=O) groups excluding carboxylic acids is 2. The van der Waals surface area contributed by atoms with Gasteiger partial charge in [-0.1, -0.05) is 321 Å². The van der Waals surface area contributed by atoms with Crippen molar-refractivity contribution in [3.63, 3.8) is 0 Å². The summed E-state index contributed by atoms with van der Waals surface area (Å²) in [7, 11) is 0. The minimum absolute atomic E-state index is 0.0124. The van der Waals surface area contributed by atoms with Crippen molar-refractivity contribution < 1.29 is 29.3 Å². The average molecular weight is 988 g/mol. The maximum Gasteiger partial charge on any atom is 0.309 e. The van der Waals surface area contributed by atoms with Crippen molar-refractivity contribution in [3.8, 4) is 0 Å². The highest BCUT2D eigenvalue weighted by Gasteiger charge is 2.36. The fourth-order valence-electron chi connectivity index (χ4n) is 10.6. The summed E-state index contributed by atoms with van der Waals surface area (Å²) in [5, 5.41) is 19.2. The number of allylic oxidation sites excluding steroid dienone is 2. The number of cyclic esters (lactones) is 2. The third-order valence-electron chi connectivity index (χ3n) is 15.8. The Morgan fingerprint density at radius 2 is 0.614 bits per heavy atom. The van der Waals surface area contributed by atoms with Gasteiger partial charge in [0.15, 0.2) is 0 Å². The lowest BCUT2D eigenvalue weighted by atomic mass is 9.92. The third-order valence-corrected chi connectivity index (χ3v) is 15.8. The molecule has 70 heavy (non-hydrogen) atoms. The van der Waals surface area contributed by atoms with Gasteiger partial charge in [0.25, 0.3) is 0 Å². The van der Waals surface area contributed by atoms with Crippen LogP contribution in [0.25, 0.3) is 0 Å². The quantitative estimate of drug-likeness (QED) is 0.0358. The molecule has 0 aromatic heterocycles. The lowest BCUT2D eigenvalue weighted by molar-refractivity contribution is -0.155. The first kappa shape index (κ1) is 66.6. The number of rotatable bonds is 55. The summed E-state index contributed by atoms with van der Waals surface area (Å²) in [5.74, 6) is -1.45. The van der Waals surface area contributed by atoms with Crippen LogP contribution >= 0.6 is 0 Å². The standard InChI is InChI=1S/C64H122O6/c1-2-3-4-5-6-7-8-9-10-11-12-13-14-15-16-17-18-19-20-21-22-23-24-25-26-27-28-29-30-31-32-33-34-35-36-37-38-39-40-41-42-43-44-45-46-47-48-49-50-51-52-53-54-55-61-56-62(67)69-59-64(57-65,58-66)60-70-63(61)68/h50-51,61,65-66H,2-49,52-60H2,1H3/b51-50+. The van der Waals surface area contributed by atoms with E-state index >= 15 is 0 Å². The van der Waals surface area contributed by atoms with Gasteiger partial charge in [-0.15, -0.1) is 0 Å². The Bertz CT molecular complexity index is 1100. The van der Waals surface area contributed by atoms with E-state index in [0.29, 0.717) is 6.42 Å². The molecule has 0 radical (unpaired) electrons. The first-order chi connectivity index (χ1) is 34.6. The Kier molecular flexibility index (Phi) is 51.3. The number of aliphatic hydroxyl groups excluding tert-OH is 2. The lowest BCUT2D eigenvalue weighted by Gasteiger charge is -2.27. The molecule has 0 amide bonds. The Hall–Kier alpha value is -1.40. The lowest BCUT2D eigenvalue weighted by Crippen LogP contribution is -2.40. The van der Waals surface area contributed by atoms with Crippen LogP contribution in [0.3, 0.4) is 0 Å². The predicted molar refractivity (Wildman–Crippen MR) is 302 cm³/mol. The summed E-state index contributed by atoms with van der Waals surface area (Å²) in [6.45, 7) is 1.18. The van der Waals surface area contributed by atoms with E-state index in [1.807, 2.05) is 0 Å². The van der Waals surface area contributed by atoms with Crippen LogP contribution in [-0.4, -0.2) is 48.6 Å². The van der Waals surface area contributed by atoms with Gasteiger partial charge in [-0.3, -0.25) is 9.59 Å². The normalized spacial score (nSPS) is 15.3. The van der Waals surface area contributed by atoms with Gasteiger partial charge < -0.3 is 19.7 Å². The molecule has 0 aromatic carbocycles. The second kappa shape index (κ2) is 53.9. The fraction of sp³-hybridized carbons (Fsp3) is 0.938. The Labute approximate surface area is 436 Å². The molecule has 414 valence electrons. The molecule has 6 nitrogen and oxygen atoms in total. The summed E-state index contributed by atoms with van der Waals surface area (Å²) in [4.78, 5) is 24.7. The van der Waals surface area contributed by atoms with Crippen molar-refractivity contribution in [1.82, 2.24) is 0 Å². The number of hydrogen-bond donors (Lipinski definition) is 2. The molecule has 1 heterocycles. The molecule has 1 fully saturated rings.